The molecule has 0 saturated carbocycles. The highest BCUT2D eigenvalue weighted by atomic mass is 16.2. The van der Waals surface area contributed by atoms with Gasteiger partial charge in [0.2, 0.25) is 0 Å². The number of nitrogen functional groups attached to an aromatic ring is 1. The largest absolute Gasteiger partial charge is 0.383 e. The zero-order chi connectivity index (χ0) is 23.5. The Hall–Kier alpha value is -4.71. The highest BCUT2D eigenvalue weighted by molar-refractivity contribution is 6.18. The molecule has 0 fully saturated rings. The van der Waals surface area contributed by atoms with Crippen molar-refractivity contribution in [1.82, 2.24) is 14.5 Å². The molecule has 0 spiro atoms. The van der Waals surface area contributed by atoms with Gasteiger partial charge in [0.1, 0.15) is 23.9 Å². The van der Waals surface area contributed by atoms with E-state index in [-0.39, 0.29) is 17.6 Å². The Labute approximate surface area is 189 Å². The summed E-state index contributed by atoms with van der Waals surface area (Å²) >= 11 is 0. The van der Waals surface area contributed by atoms with Crippen molar-refractivity contribution in [3.8, 4) is 6.07 Å². The van der Waals surface area contributed by atoms with Crippen LogP contribution in [0.2, 0.25) is 0 Å². The van der Waals surface area contributed by atoms with E-state index in [1.807, 2.05) is 24.5 Å². The van der Waals surface area contributed by atoms with Gasteiger partial charge in [0.25, 0.3) is 0 Å². The molecule has 0 unspecified atom stereocenters. The third-order valence-corrected chi connectivity index (χ3v) is 5.12. The van der Waals surface area contributed by atoms with Gasteiger partial charge < -0.3 is 20.9 Å². The van der Waals surface area contributed by atoms with Gasteiger partial charge in [0.05, 0.1) is 22.2 Å². The van der Waals surface area contributed by atoms with Gasteiger partial charge in [-0.2, -0.15) is 5.26 Å². The number of ketones is 1. The number of carbonyl (C=O) groups excluding carboxylic acids is 2. The molecule has 9 nitrogen and oxygen atoms in total. The van der Waals surface area contributed by atoms with Crippen molar-refractivity contribution in [2.75, 3.05) is 16.4 Å². The van der Waals surface area contributed by atoms with E-state index >= 15 is 0 Å². The normalized spacial score (nSPS) is 10.7. The molecule has 0 radical (unpaired) electrons. The van der Waals surface area contributed by atoms with E-state index in [0.717, 1.165) is 0 Å². The fraction of sp³-hybridized carbons (Fsp3) is 0.125. The molecule has 2 aromatic heterocycles. The predicted octanol–water partition coefficient (Wildman–Crippen LogP) is 4.34. The van der Waals surface area contributed by atoms with Crippen LogP contribution >= 0.6 is 0 Å². The first kappa shape index (κ1) is 21.5. The van der Waals surface area contributed by atoms with Crippen LogP contribution in [0.4, 0.5) is 22.0 Å². The van der Waals surface area contributed by atoms with Gasteiger partial charge in [0.15, 0.2) is 5.78 Å². The van der Waals surface area contributed by atoms with E-state index in [4.69, 9.17) is 5.73 Å². The first-order valence-electron chi connectivity index (χ1n) is 10.2. The molecule has 4 aromatic rings. The van der Waals surface area contributed by atoms with E-state index in [9.17, 15) is 14.9 Å². The van der Waals surface area contributed by atoms with E-state index in [1.54, 1.807) is 54.7 Å². The minimum atomic E-state index is -0.531. The van der Waals surface area contributed by atoms with E-state index in [2.05, 4.69) is 20.6 Å². The highest BCUT2D eigenvalue weighted by Gasteiger charge is 2.21. The zero-order valence-corrected chi connectivity index (χ0v) is 18.0. The SMILES string of the molecule is CC(C)n1cc(C(=O)c2cccc(NC(=O)Nc3ccccc3C#N)c2)c2c(N)ncnc21. The molecular weight excluding hydrogens is 418 g/mol. The van der Waals surface area contributed by atoms with Crippen molar-refractivity contribution in [2.45, 2.75) is 19.9 Å². The minimum absolute atomic E-state index is 0.0661. The number of hydrogen-bond acceptors (Lipinski definition) is 6. The quantitative estimate of drug-likeness (QED) is 0.395. The molecule has 0 atom stereocenters. The molecular formula is C24H21N7O2. The molecule has 0 bridgehead atoms. The molecule has 2 amide bonds. The molecule has 164 valence electrons. The first-order valence-corrected chi connectivity index (χ1v) is 10.2. The van der Waals surface area contributed by atoms with Crippen LogP contribution in [0, 0.1) is 11.3 Å². The van der Waals surface area contributed by atoms with Crippen molar-refractivity contribution in [3.63, 3.8) is 0 Å². The minimum Gasteiger partial charge on any atom is -0.383 e. The summed E-state index contributed by atoms with van der Waals surface area (Å²) in [6, 6.07) is 14.8. The number of amides is 2. The van der Waals surface area contributed by atoms with Crippen LogP contribution in [-0.4, -0.2) is 26.3 Å². The number of anilines is 3. The molecule has 33 heavy (non-hydrogen) atoms. The van der Waals surface area contributed by atoms with Gasteiger partial charge >= 0.3 is 6.03 Å². The van der Waals surface area contributed by atoms with Crippen LogP contribution in [-0.2, 0) is 0 Å². The summed E-state index contributed by atoms with van der Waals surface area (Å²) < 4.78 is 1.88. The second kappa shape index (κ2) is 8.80. The number of nitrogens with two attached hydrogens (primary N) is 1. The summed E-state index contributed by atoms with van der Waals surface area (Å²) in [5.41, 5.74) is 8.58. The Balaban J connectivity index is 1.62. The lowest BCUT2D eigenvalue weighted by atomic mass is 10.0. The molecule has 0 aliphatic heterocycles. The third kappa shape index (κ3) is 4.22. The summed E-state index contributed by atoms with van der Waals surface area (Å²) in [6.07, 6.45) is 3.10. The Morgan fingerprint density at radius 2 is 1.88 bits per heavy atom. The highest BCUT2D eigenvalue weighted by Crippen LogP contribution is 2.29. The van der Waals surface area contributed by atoms with E-state index < -0.39 is 6.03 Å². The van der Waals surface area contributed by atoms with Crippen LogP contribution < -0.4 is 16.4 Å². The van der Waals surface area contributed by atoms with Gasteiger partial charge in [-0.3, -0.25) is 4.79 Å². The molecule has 0 aliphatic rings. The lowest BCUT2D eigenvalue weighted by Crippen LogP contribution is -2.20. The van der Waals surface area contributed by atoms with Crippen molar-refractivity contribution in [1.29, 1.82) is 5.26 Å². The lowest BCUT2D eigenvalue weighted by Gasteiger charge is -2.10. The number of hydrogen-bond donors (Lipinski definition) is 3. The fourth-order valence-corrected chi connectivity index (χ4v) is 3.54. The molecule has 4 rings (SSSR count). The predicted molar refractivity (Wildman–Crippen MR) is 126 cm³/mol. The summed E-state index contributed by atoms with van der Waals surface area (Å²) in [5, 5.41) is 15.0. The van der Waals surface area contributed by atoms with E-state index in [1.165, 1.54) is 6.33 Å². The number of nitrogens with one attached hydrogen (secondary N) is 2. The molecule has 4 N–H and O–H groups in total. The molecule has 0 aliphatic carbocycles. The van der Waals surface area contributed by atoms with Gasteiger partial charge in [-0.05, 0) is 38.1 Å². The Morgan fingerprint density at radius 3 is 2.64 bits per heavy atom. The Kier molecular flexibility index (Phi) is 5.74. The number of carbonyl (C=O) groups is 2. The van der Waals surface area contributed by atoms with Gasteiger partial charge in [0, 0.05) is 23.5 Å². The van der Waals surface area contributed by atoms with Crippen LogP contribution in [0.15, 0.2) is 61.1 Å². The molecule has 0 saturated heterocycles. The van der Waals surface area contributed by atoms with Crippen LogP contribution in [0.25, 0.3) is 11.0 Å². The average molecular weight is 439 g/mol. The monoisotopic (exact) mass is 439 g/mol. The number of aromatic nitrogens is 3. The van der Waals surface area contributed by atoms with Gasteiger partial charge in [-0.15, -0.1) is 0 Å². The fourth-order valence-electron chi connectivity index (χ4n) is 3.54. The number of nitrogens with zero attached hydrogens (tertiary/aromatic N) is 4. The molecule has 2 aromatic carbocycles. The summed E-state index contributed by atoms with van der Waals surface area (Å²) in [5.74, 6) is -0.0349. The molecule has 2 heterocycles. The van der Waals surface area contributed by atoms with E-state index in [0.29, 0.717) is 39.1 Å². The standard InChI is InChI=1S/C24H21N7O2/c1-14(2)31-12-18(20-22(26)27-13-28-23(20)31)21(32)15-7-5-8-17(10-15)29-24(33)30-19-9-4-3-6-16(19)11-25/h3-10,12-14H,1-2H3,(H2,26,27,28)(H2,29,30,33). The first-order chi connectivity index (χ1) is 15.9. The number of nitriles is 1. The maximum absolute atomic E-state index is 13.4. The number of fused-ring (bicyclic) bond motifs is 1. The topological polar surface area (TPSA) is 139 Å². The maximum atomic E-state index is 13.4. The number of benzene rings is 2. The Morgan fingerprint density at radius 1 is 1.09 bits per heavy atom. The smallest absolute Gasteiger partial charge is 0.323 e. The van der Waals surface area contributed by atoms with Crippen molar-refractivity contribution in [3.05, 3.63) is 77.7 Å². The summed E-state index contributed by atoms with van der Waals surface area (Å²) in [7, 11) is 0. The van der Waals surface area contributed by atoms with Crippen molar-refractivity contribution >= 4 is 40.0 Å². The van der Waals surface area contributed by atoms with Crippen LogP contribution in [0.3, 0.4) is 0 Å². The Bertz CT molecular complexity index is 1420. The van der Waals surface area contributed by atoms with Gasteiger partial charge in [-0.1, -0.05) is 24.3 Å². The third-order valence-electron chi connectivity index (χ3n) is 5.12. The lowest BCUT2D eigenvalue weighted by molar-refractivity contribution is 0.104. The number of urea groups is 1. The second-order valence-electron chi connectivity index (χ2n) is 7.65. The van der Waals surface area contributed by atoms with Gasteiger partial charge in [-0.25, -0.2) is 14.8 Å². The van der Waals surface area contributed by atoms with Crippen LogP contribution in [0.5, 0.6) is 0 Å². The van der Waals surface area contributed by atoms with Crippen molar-refractivity contribution in [2.24, 2.45) is 0 Å². The average Bonchev–Trinajstić information content (AvgIpc) is 3.20. The number of para-hydroxylation sites is 1. The summed E-state index contributed by atoms with van der Waals surface area (Å²) in [4.78, 5) is 34.2. The molecule has 9 heteroatoms. The number of rotatable bonds is 5. The zero-order valence-electron chi connectivity index (χ0n) is 18.0. The second-order valence-corrected chi connectivity index (χ2v) is 7.65. The maximum Gasteiger partial charge on any atom is 0.323 e. The van der Waals surface area contributed by atoms with Crippen LogP contribution in [0.1, 0.15) is 41.4 Å². The van der Waals surface area contributed by atoms with Crippen molar-refractivity contribution < 1.29 is 9.59 Å². The summed E-state index contributed by atoms with van der Waals surface area (Å²) in [6.45, 7) is 3.97.